The van der Waals surface area contributed by atoms with Crippen LogP contribution in [0.4, 0.5) is 0 Å². The summed E-state index contributed by atoms with van der Waals surface area (Å²) in [6.45, 7) is 0. The fraction of sp³-hybridized carbons (Fsp3) is 0. The van der Waals surface area contributed by atoms with Crippen molar-refractivity contribution in [2.45, 2.75) is 0 Å². The zero-order valence-corrected chi connectivity index (χ0v) is 5.33. The Morgan fingerprint density at radius 2 is 1.00 bits per heavy atom. The molecule has 31 valence electrons. The molecule has 0 atom stereocenters. The van der Waals surface area contributed by atoms with E-state index in [0.29, 0.717) is 0 Å². The van der Waals surface area contributed by atoms with E-state index in [1.54, 1.807) is 0 Å². The second-order valence-corrected chi connectivity index (χ2v) is 0.805. The molecule has 0 rings (SSSR count). The van der Waals surface area contributed by atoms with E-state index in [9.17, 15) is 0 Å². The van der Waals surface area contributed by atoms with Crippen LogP contribution in [0.15, 0.2) is 0 Å². The molecular formula is H3NbO3P. The van der Waals surface area contributed by atoms with Gasteiger partial charge in [0.2, 0.25) is 0 Å². The molecule has 0 aliphatic heterocycles. The Hall–Kier alpha value is 1.05. The van der Waals surface area contributed by atoms with Crippen LogP contribution in [0.5, 0.6) is 0 Å². The Bertz CT molecular complexity index is 11.6. The van der Waals surface area contributed by atoms with Crippen LogP contribution in [0.25, 0.3) is 0 Å². The molecule has 0 heterocycles. The fourth-order valence-corrected chi connectivity index (χ4v) is 0. The second kappa shape index (κ2) is 5.05. The van der Waals surface area contributed by atoms with Crippen molar-refractivity contribution in [3.63, 3.8) is 0 Å². The molecule has 0 aliphatic carbocycles. The van der Waals surface area contributed by atoms with Gasteiger partial charge in [-0.1, -0.05) is 0 Å². The van der Waals surface area contributed by atoms with Crippen LogP contribution in [-0.4, -0.2) is 14.7 Å². The van der Waals surface area contributed by atoms with E-state index in [1.165, 1.54) is 0 Å². The van der Waals surface area contributed by atoms with Gasteiger partial charge in [-0.2, -0.15) is 0 Å². The first-order chi connectivity index (χ1) is 1.73. The van der Waals surface area contributed by atoms with Gasteiger partial charge < -0.3 is 14.7 Å². The van der Waals surface area contributed by atoms with Crippen molar-refractivity contribution in [3.8, 4) is 0 Å². The van der Waals surface area contributed by atoms with Crippen LogP contribution in [0.3, 0.4) is 0 Å². The average molecular weight is 175 g/mol. The minimum Gasteiger partial charge on any atom is -0.328 e. The minimum atomic E-state index is -2.62. The quantitative estimate of drug-likeness (QED) is 0.333. The molecule has 3 N–H and O–H groups in total. The molecule has 1 radical (unpaired) electrons. The number of hydrogen-bond acceptors (Lipinski definition) is 3. The summed E-state index contributed by atoms with van der Waals surface area (Å²) in [6.07, 6.45) is 0. The first kappa shape index (κ1) is 9.41. The van der Waals surface area contributed by atoms with Crippen LogP contribution in [0, 0.1) is 0 Å². The Morgan fingerprint density at radius 1 is 1.00 bits per heavy atom. The molecule has 3 nitrogen and oxygen atoms in total. The van der Waals surface area contributed by atoms with Crippen LogP contribution in [0.1, 0.15) is 0 Å². The molecule has 0 spiro atoms. The molecular weight excluding hydrogens is 172 g/mol. The molecule has 5 heteroatoms. The third-order valence-corrected chi connectivity index (χ3v) is 0. The smallest absolute Gasteiger partial charge is 0.324 e. The van der Waals surface area contributed by atoms with Gasteiger partial charge in [0.15, 0.2) is 0 Å². The predicted octanol–water partition coefficient (Wildman–Crippen LogP) is -0.812. The molecule has 0 unspecified atom stereocenters. The molecule has 0 amide bonds. The van der Waals surface area contributed by atoms with Crippen LogP contribution < -0.4 is 0 Å². The summed E-state index contributed by atoms with van der Waals surface area (Å²) in [7, 11) is -2.62. The van der Waals surface area contributed by atoms with Gasteiger partial charge in [0.05, 0.1) is 0 Å². The molecule has 5 heavy (non-hydrogen) atoms. The van der Waals surface area contributed by atoms with Crippen molar-refractivity contribution in [2.75, 3.05) is 0 Å². The SMILES string of the molecule is OP(O)O.[Nb]. The average Bonchev–Trinajstić information content (AvgIpc) is 0.811. The Morgan fingerprint density at radius 3 is 1.00 bits per heavy atom. The van der Waals surface area contributed by atoms with E-state index in [-0.39, 0.29) is 22.4 Å². The van der Waals surface area contributed by atoms with Crippen LogP contribution >= 0.6 is 8.60 Å². The van der Waals surface area contributed by atoms with Crippen molar-refractivity contribution in [3.05, 3.63) is 0 Å². The summed E-state index contributed by atoms with van der Waals surface area (Å²) < 4.78 is 0. The summed E-state index contributed by atoms with van der Waals surface area (Å²) in [5.41, 5.74) is 0. The standard InChI is InChI=1S/Nb.H3O3P/c;1-4(2)3/h;1-3H. The molecule has 0 aromatic rings. The van der Waals surface area contributed by atoms with Gasteiger partial charge in [-0.05, 0) is 0 Å². The van der Waals surface area contributed by atoms with Crippen LogP contribution in [0.2, 0.25) is 0 Å². The molecule has 0 aromatic heterocycles. The molecule has 0 saturated carbocycles. The van der Waals surface area contributed by atoms with E-state index in [1.807, 2.05) is 0 Å². The first-order valence-electron chi connectivity index (χ1n) is 0.600. The van der Waals surface area contributed by atoms with E-state index >= 15 is 0 Å². The van der Waals surface area contributed by atoms with E-state index in [4.69, 9.17) is 14.7 Å². The summed E-state index contributed by atoms with van der Waals surface area (Å²) in [6, 6.07) is 0. The minimum absolute atomic E-state index is 0. The zero-order chi connectivity index (χ0) is 3.58. The van der Waals surface area contributed by atoms with E-state index in [2.05, 4.69) is 0 Å². The van der Waals surface area contributed by atoms with Gasteiger partial charge in [-0.25, -0.2) is 0 Å². The topological polar surface area (TPSA) is 60.7 Å². The Balaban J connectivity index is 0. The van der Waals surface area contributed by atoms with E-state index in [0.717, 1.165) is 0 Å². The Labute approximate surface area is 46.2 Å². The van der Waals surface area contributed by atoms with Crippen molar-refractivity contribution in [2.24, 2.45) is 0 Å². The molecule has 0 aliphatic rings. The summed E-state index contributed by atoms with van der Waals surface area (Å²) in [5.74, 6) is 0. The summed E-state index contributed by atoms with van der Waals surface area (Å²) in [4.78, 5) is 21.7. The summed E-state index contributed by atoms with van der Waals surface area (Å²) >= 11 is 0. The fourth-order valence-electron chi connectivity index (χ4n) is 0. The maximum Gasteiger partial charge on any atom is 0.324 e. The van der Waals surface area contributed by atoms with Gasteiger partial charge >= 0.3 is 8.60 Å². The van der Waals surface area contributed by atoms with Crippen molar-refractivity contribution in [1.82, 2.24) is 0 Å². The number of rotatable bonds is 0. The molecule has 0 aromatic carbocycles. The second-order valence-electron chi connectivity index (χ2n) is 0.268. The Kier molecular flexibility index (Phi) is 9.50. The molecule has 0 fully saturated rings. The maximum atomic E-state index is 7.23. The normalized spacial score (nSPS) is 7.20. The van der Waals surface area contributed by atoms with Crippen molar-refractivity contribution in [1.29, 1.82) is 0 Å². The van der Waals surface area contributed by atoms with Gasteiger partial charge in [-0.3, -0.25) is 0 Å². The van der Waals surface area contributed by atoms with Gasteiger partial charge in [0.1, 0.15) is 0 Å². The zero-order valence-electron chi connectivity index (χ0n) is 2.24. The first-order valence-corrected chi connectivity index (χ1v) is 1.80. The largest absolute Gasteiger partial charge is 0.328 e. The predicted molar refractivity (Wildman–Crippen MR) is 13.6 cm³/mol. The van der Waals surface area contributed by atoms with Crippen molar-refractivity contribution >= 4 is 8.60 Å². The van der Waals surface area contributed by atoms with E-state index < -0.39 is 8.60 Å². The maximum absolute atomic E-state index is 7.23. The van der Waals surface area contributed by atoms with Crippen molar-refractivity contribution < 1.29 is 37.1 Å². The van der Waals surface area contributed by atoms with Gasteiger partial charge in [-0.15, -0.1) is 0 Å². The third-order valence-electron chi connectivity index (χ3n) is 0. The summed E-state index contributed by atoms with van der Waals surface area (Å²) in [5, 5.41) is 0. The monoisotopic (exact) mass is 175 g/mol. The van der Waals surface area contributed by atoms with Crippen LogP contribution in [-0.2, 0) is 22.4 Å². The van der Waals surface area contributed by atoms with Gasteiger partial charge in [0, 0.05) is 22.4 Å². The number of hydrogen-bond donors (Lipinski definition) is 3. The molecule has 0 bridgehead atoms. The van der Waals surface area contributed by atoms with Gasteiger partial charge in [0.25, 0.3) is 0 Å². The molecule has 0 saturated heterocycles. The third kappa shape index (κ3) is 42.6.